The van der Waals surface area contributed by atoms with Gasteiger partial charge in [0, 0.05) is 38.4 Å². The van der Waals surface area contributed by atoms with E-state index in [9.17, 15) is 13.2 Å². The number of hydrogen-bond acceptors (Lipinski definition) is 4. The summed E-state index contributed by atoms with van der Waals surface area (Å²) in [5, 5.41) is 2.86. The lowest BCUT2D eigenvalue weighted by molar-refractivity contribution is -0.122. The van der Waals surface area contributed by atoms with Gasteiger partial charge in [0.1, 0.15) is 5.82 Å². The maximum Gasteiger partial charge on any atom is 0.235 e. The van der Waals surface area contributed by atoms with Crippen molar-refractivity contribution in [3.8, 4) is 0 Å². The monoisotopic (exact) mass is 286 g/mol. The molecule has 1 N–H and O–H groups in total. The molecule has 1 aliphatic rings. The molecule has 19 heavy (non-hydrogen) atoms. The van der Waals surface area contributed by atoms with Gasteiger partial charge in [-0.25, -0.2) is 13.4 Å². The molecule has 0 unspecified atom stereocenters. The second-order valence-corrected chi connectivity index (χ2v) is 6.91. The molecular weight excluding hydrogens is 268 g/mol. The standard InChI is InChI=1S/C11H18N4O3S/c1-14(19(2,17)18)8-11(16)13-9-3-4-10-12-5-6-15(10)7-9/h5-6,9H,3-4,7-8H2,1-2H3,(H,13,16)/t9-/m0/s1. The first kappa shape index (κ1) is 14.0. The second kappa shape index (κ2) is 5.30. The predicted molar refractivity (Wildman–Crippen MR) is 70.0 cm³/mol. The van der Waals surface area contributed by atoms with E-state index in [-0.39, 0.29) is 18.5 Å². The normalized spacial score (nSPS) is 19.2. The van der Waals surface area contributed by atoms with Crippen molar-refractivity contribution >= 4 is 15.9 Å². The third-order valence-electron chi connectivity index (χ3n) is 3.23. The van der Waals surface area contributed by atoms with Crippen LogP contribution in [-0.4, -0.2) is 54.1 Å². The van der Waals surface area contributed by atoms with Crippen LogP contribution in [0.4, 0.5) is 0 Å². The third kappa shape index (κ3) is 3.54. The molecule has 106 valence electrons. The minimum absolute atomic E-state index is 0.0298. The average Bonchev–Trinajstić information content (AvgIpc) is 2.74. The summed E-state index contributed by atoms with van der Waals surface area (Å²) < 4.78 is 25.5. The summed E-state index contributed by atoms with van der Waals surface area (Å²) in [6, 6.07) is 0.0298. The van der Waals surface area contributed by atoms with Crippen LogP contribution in [0.1, 0.15) is 12.2 Å². The van der Waals surface area contributed by atoms with Gasteiger partial charge in [0.05, 0.1) is 12.8 Å². The molecule has 1 aromatic rings. The Morgan fingerprint density at radius 3 is 3.05 bits per heavy atom. The highest BCUT2D eigenvalue weighted by molar-refractivity contribution is 7.88. The Kier molecular flexibility index (Phi) is 3.91. The van der Waals surface area contributed by atoms with E-state index in [1.54, 1.807) is 6.20 Å². The smallest absolute Gasteiger partial charge is 0.235 e. The van der Waals surface area contributed by atoms with Gasteiger partial charge in [-0.2, -0.15) is 4.31 Å². The number of aryl methyl sites for hydroxylation is 1. The number of nitrogens with one attached hydrogen (secondary N) is 1. The van der Waals surface area contributed by atoms with E-state index in [1.165, 1.54) is 7.05 Å². The zero-order chi connectivity index (χ0) is 14.0. The van der Waals surface area contributed by atoms with Crippen LogP contribution in [0.5, 0.6) is 0 Å². The highest BCUT2D eigenvalue weighted by Crippen LogP contribution is 2.12. The summed E-state index contributed by atoms with van der Waals surface area (Å²) in [7, 11) is -1.93. The molecular formula is C11H18N4O3S. The number of imidazole rings is 1. The Hall–Kier alpha value is -1.41. The summed E-state index contributed by atoms with van der Waals surface area (Å²) >= 11 is 0. The lowest BCUT2D eigenvalue weighted by Crippen LogP contribution is -2.45. The van der Waals surface area contributed by atoms with E-state index in [4.69, 9.17) is 0 Å². The Labute approximate surface area is 112 Å². The lowest BCUT2D eigenvalue weighted by atomic mass is 10.1. The van der Waals surface area contributed by atoms with E-state index >= 15 is 0 Å². The molecule has 0 spiro atoms. The lowest BCUT2D eigenvalue weighted by Gasteiger charge is -2.25. The van der Waals surface area contributed by atoms with Crippen LogP contribution < -0.4 is 5.32 Å². The van der Waals surface area contributed by atoms with Crippen LogP contribution in [0.25, 0.3) is 0 Å². The molecule has 1 amide bonds. The van der Waals surface area contributed by atoms with E-state index in [0.717, 1.165) is 29.2 Å². The zero-order valence-corrected chi connectivity index (χ0v) is 11.9. The Balaban J connectivity index is 1.88. The molecule has 0 aliphatic carbocycles. The molecule has 1 atom stereocenters. The Bertz CT molecular complexity index is 566. The van der Waals surface area contributed by atoms with E-state index in [1.807, 2.05) is 10.8 Å². The number of carbonyl (C=O) groups is 1. The largest absolute Gasteiger partial charge is 0.350 e. The fraction of sp³-hybridized carbons (Fsp3) is 0.636. The van der Waals surface area contributed by atoms with Crippen molar-refractivity contribution in [3.05, 3.63) is 18.2 Å². The number of nitrogens with zero attached hydrogens (tertiary/aromatic N) is 3. The molecule has 2 rings (SSSR count). The van der Waals surface area contributed by atoms with Crippen LogP contribution in [0.2, 0.25) is 0 Å². The Morgan fingerprint density at radius 2 is 2.37 bits per heavy atom. The van der Waals surface area contributed by atoms with Crippen molar-refractivity contribution in [1.82, 2.24) is 19.2 Å². The van der Waals surface area contributed by atoms with Gasteiger partial charge >= 0.3 is 0 Å². The van der Waals surface area contributed by atoms with Crippen molar-refractivity contribution in [3.63, 3.8) is 0 Å². The summed E-state index contributed by atoms with van der Waals surface area (Å²) in [6.07, 6.45) is 6.36. The first-order valence-electron chi connectivity index (χ1n) is 6.07. The molecule has 7 nitrogen and oxygen atoms in total. The highest BCUT2D eigenvalue weighted by atomic mass is 32.2. The van der Waals surface area contributed by atoms with Gasteiger partial charge in [-0.15, -0.1) is 0 Å². The van der Waals surface area contributed by atoms with E-state index < -0.39 is 10.0 Å². The van der Waals surface area contributed by atoms with Crippen LogP contribution in [0.15, 0.2) is 12.4 Å². The number of likely N-dealkylation sites (N-methyl/N-ethyl adjacent to an activating group) is 1. The summed E-state index contributed by atoms with van der Waals surface area (Å²) in [4.78, 5) is 16.0. The molecule has 0 saturated carbocycles. The maximum absolute atomic E-state index is 11.8. The number of rotatable bonds is 4. The van der Waals surface area contributed by atoms with Crippen LogP contribution in [0.3, 0.4) is 0 Å². The number of sulfonamides is 1. The fourth-order valence-corrected chi connectivity index (χ4v) is 2.43. The van der Waals surface area contributed by atoms with Crippen molar-refractivity contribution in [1.29, 1.82) is 0 Å². The van der Waals surface area contributed by atoms with Crippen LogP contribution in [-0.2, 0) is 27.8 Å². The number of hydrogen-bond donors (Lipinski definition) is 1. The van der Waals surface area contributed by atoms with Crippen LogP contribution >= 0.6 is 0 Å². The first-order valence-corrected chi connectivity index (χ1v) is 7.92. The summed E-state index contributed by atoms with van der Waals surface area (Å²) in [5.74, 6) is 0.750. The highest BCUT2D eigenvalue weighted by Gasteiger charge is 2.22. The molecule has 8 heteroatoms. The van der Waals surface area contributed by atoms with Gasteiger partial charge in [0.25, 0.3) is 0 Å². The summed E-state index contributed by atoms with van der Waals surface area (Å²) in [6.45, 7) is 0.537. The fourth-order valence-electron chi connectivity index (χ4n) is 2.08. The molecule has 0 bridgehead atoms. The number of amides is 1. The Morgan fingerprint density at radius 1 is 1.63 bits per heavy atom. The van der Waals surface area contributed by atoms with Crippen molar-refractivity contribution in [2.45, 2.75) is 25.4 Å². The molecule has 0 saturated heterocycles. The van der Waals surface area contributed by atoms with Gasteiger partial charge < -0.3 is 9.88 Å². The van der Waals surface area contributed by atoms with E-state index in [2.05, 4.69) is 10.3 Å². The molecule has 0 radical (unpaired) electrons. The average molecular weight is 286 g/mol. The molecule has 2 heterocycles. The van der Waals surface area contributed by atoms with Crippen LogP contribution in [0, 0.1) is 0 Å². The van der Waals surface area contributed by atoms with Gasteiger partial charge in [0.15, 0.2) is 0 Å². The quantitative estimate of drug-likeness (QED) is 0.786. The van der Waals surface area contributed by atoms with Crippen molar-refractivity contribution in [2.24, 2.45) is 0 Å². The van der Waals surface area contributed by atoms with Gasteiger partial charge in [-0.05, 0) is 6.42 Å². The minimum Gasteiger partial charge on any atom is -0.350 e. The molecule has 1 aromatic heterocycles. The topological polar surface area (TPSA) is 84.3 Å². The van der Waals surface area contributed by atoms with Crippen molar-refractivity contribution in [2.75, 3.05) is 19.8 Å². The first-order chi connectivity index (χ1) is 8.86. The number of aromatic nitrogens is 2. The van der Waals surface area contributed by atoms with Crippen molar-refractivity contribution < 1.29 is 13.2 Å². The molecule has 1 aliphatic heterocycles. The second-order valence-electron chi connectivity index (χ2n) is 4.82. The van der Waals surface area contributed by atoms with E-state index in [0.29, 0.717) is 6.54 Å². The van der Waals surface area contributed by atoms with Gasteiger partial charge in [-0.1, -0.05) is 0 Å². The third-order valence-corrected chi connectivity index (χ3v) is 4.49. The minimum atomic E-state index is -3.32. The molecule has 0 aromatic carbocycles. The maximum atomic E-state index is 11.8. The SMILES string of the molecule is CN(CC(=O)N[C@H]1CCc2nccn2C1)S(C)(=O)=O. The predicted octanol–water partition coefficient (Wildman–Crippen LogP) is -0.794. The number of fused-ring (bicyclic) bond motifs is 1. The van der Waals surface area contributed by atoms with Gasteiger partial charge in [-0.3, -0.25) is 4.79 Å². The molecule has 0 fully saturated rings. The van der Waals surface area contributed by atoms with Gasteiger partial charge in [0.2, 0.25) is 15.9 Å². The number of carbonyl (C=O) groups excluding carboxylic acids is 1. The summed E-state index contributed by atoms with van der Waals surface area (Å²) in [5.41, 5.74) is 0. The zero-order valence-electron chi connectivity index (χ0n) is 11.0.